The Morgan fingerprint density at radius 2 is 2.25 bits per heavy atom. The highest BCUT2D eigenvalue weighted by atomic mass is 16.4. The molecular formula is C14H16N2O4. The van der Waals surface area contributed by atoms with Crippen LogP contribution in [0.15, 0.2) is 24.4 Å². The number of rotatable bonds is 4. The van der Waals surface area contributed by atoms with Crippen LogP contribution < -0.4 is 0 Å². The molecular weight excluding hydrogens is 260 g/mol. The van der Waals surface area contributed by atoms with Gasteiger partial charge in [0.15, 0.2) is 0 Å². The average Bonchev–Trinajstić information content (AvgIpc) is 2.94. The summed E-state index contributed by atoms with van der Waals surface area (Å²) in [7, 11) is 0. The monoisotopic (exact) mass is 276 g/mol. The van der Waals surface area contributed by atoms with Crippen molar-refractivity contribution in [3.63, 3.8) is 0 Å². The minimum Gasteiger partial charge on any atom is -0.478 e. The molecule has 1 aliphatic heterocycles. The van der Waals surface area contributed by atoms with Gasteiger partial charge < -0.3 is 15.1 Å². The quantitative estimate of drug-likeness (QED) is 0.787. The predicted molar refractivity (Wildman–Crippen MR) is 72.0 cm³/mol. The van der Waals surface area contributed by atoms with E-state index in [9.17, 15) is 9.59 Å². The molecule has 6 heteroatoms. The molecule has 1 aromatic rings. The van der Waals surface area contributed by atoms with Crippen LogP contribution in [0.2, 0.25) is 0 Å². The maximum absolute atomic E-state index is 12.2. The van der Waals surface area contributed by atoms with Crippen LogP contribution in [0.25, 0.3) is 6.08 Å². The van der Waals surface area contributed by atoms with Gasteiger partial charge in [-0.05, 0) is 24.1 Å². The molecule has 1 aromatic heterocycles. The first-order valence-corrected chi connectivity index (χ1v) is 6.37. The summed E-state index contributed by atoms with van der Waals surface area (Å²) in [5, 5.41) is 17.6. The summed E-state index contributed by atoms with van der Waals surface area (Å²) >= 11 is 0. The lowest BCUT2D eigenvalue weighted by Crippen LogP contribution is -2.29. The van der Waals surface area contributed by atoms with Crippen LogP contribution >= 0.6 is 0 Å². The van der Waals surface area contributed by atoms with Crippen LogP contribution in [0.3, 0.4) is 0 Å². The molecule has 6 nitrogen and oxygen atoms in total. The zero-order valence-corrected chi connectivity index (χ0v) is 10.9. The van der Waals surface area contributed by atoms with E-state index in [-0.39, 0.29) is 18.4 Å². The summed E-state index contributed by atoms with van der Waals surface area (Å²) in [5.74, 6) is -1.04. The van der Waals surface area contributed by atoms with Crippen molar-refractivity contribution in [2.75, 3.05) is 19.7 Å². The van der Waals surface area contributed by atoms with Crippen LogP contribution in [-0.4, -0.2) is 51.7 Å². The number of hydrogen-bond acceptors (Lipinski definition) is 4. The standard InChI is InChI=1S/C14H16N2O4/c17-9-11-5-6-16(8-11)14(20)12-3-1-10(7-15-12)2-4-13(18)19/h1-4,7,11,17H,5-6,8-9H2,(H,18,19)/b4-2+. The topological polar surface area (TPSA) is 90.7 Å². The number of pyridine rings is 1. The summed E-state index contributed by atoms with van der Waals surface area (Å²) in [6.07, 6.45) is 4.71. The number of likely N-dealkylation sites (tertiary alicyclic amines) is 1. The molecule has 1 atom stereocenters. The summed E-state index contributed by atoms with van der Waals surface area (Å²) in [6.45, 7) is 1.28. The summed E-state index contributed by atoms with van der Waals surface area (Å²) in [4.78, 5) is 28.3. The number of nitrogens with zero attached hydrogens (tertiary/aromatic N) is 2. The zero-order valence-electron chi connectivity index (χ0n) is 10.9. The third kappa shape index (κ3) is 3.42. The molecule has 1 saturated heterocycles. The van der Waals surface area contributed by atoms with Crippen LogP contribution in [-0.2, 0) is 4.79 Å². The van der Waals surface area contributed by atoms with Crippen LogP contribution in [0.1, 0.15) is 22.5 Å². The van der Waals surface area contributed by atoms with E-state index < -0.39 is 5.97 Å². The minimum atomic E-state index is -1.03. The highest BCUT2D eigenvalue weighted by molar-refractivity contribution is 5.92. The van der Waals surface area contributed by atoms with E-state index in [1.54, 1.807) is 17.0 Å². The SMILES string of the molecule is O=C(O)/C=C/c1ccc(C(=O)N2CCC(CO)C2)nc1. The van der Waals surface area contributed by atoms with Crippen molar-refractivity contribution < 1.29 is 19.8 Å². The van der Waals surface area contributed by atoms with Gasteiger partial charge in [0.2, 0.25) is 0 Å². The van der Waals surface area contributed by atoms with E-state index >= 15 is 0 Å². The number of aliphatic hydroxyl groups is 1. The van der Waals surface area contributed by atoms with Crippen LogP contribution in [0.5, 0.6) is 0 Å². The number of carboxylic acid groups (broad SMARTS) is 1. The number of amides is 1. The van der Waals surface area contributed by atoms with E-state index in [2.05, 4.69) is 4.98 Å². The molecule has 1 aliphatic rings. The van der Waals surface area contributed by atoms with Crippen LogP contribution in [0.4, 0.5) is 0 Å². The molecule has 1 fully saturated rings. The third-order valence-corrected chi connectivity index (χ3v) is 3.26. The van der Waals surface area contributed by atoms with Gasteiger partial charge in [0.05, 0.1) is 0 Å². The predicted octanol–water partition coefficient (Wildman–Crippen LogP) is 0.634. The molecule has 20 heavy (non-hydrogen) atoms. The Morgan fingerprint density at radius 3 is 2.80 bits per heavy atom. The van der Waals surface area contributed by atoms with Crippen molar-refractivity contribution in [3.8, 4) is 0 Å². The Kier molecular flexibility index (Phi) is 4.47. The largest absolute Gasteiger partial charge is 0.478 e. The molecule has 0 bridgehead atoms. The summed E-state index contributed by atoms with van der Waals surface area (Å²) in [6, 6.07) is 3.23. The number of hydrogen-bond donors (Lipinski definition) is 2. The number of aliphatic carboxylic acids is 1. The first kappa shape index (κ1) is 14.2. The summed E-state index contributed by atoms with van der Waals surface area (Å²) < 4.78 is 0. The Bertz CT molecular complexity index is 524. The Hall–Kier alpha value is -2.21. The van der Waals surface area contributed by atoms with E-state index in [4.69, 9.17) is 10.2 Å². The highest BCUT2D eigenvalue weighted by Crippen LogP contribution is 2.17. The Labute approximate surface area is 116 Å². The van der Waals surface area contributed by atoms with Crippen molar-refractivity contribution in [3.05, 3.63) is 35.7 Å². The van der Waals surface area contributed by atoms with Gasteiger partial charge in [-0.1, -0.05) is 6.07 Å². The molecule has 0 radical (unpaired) electrons. The van der Waals surface area contributed by atoms with Crippen molar-refractivity contribution in [1.29, 1.82) is 0 Å². The van der Waals surface area contributed by atoms with Gasteiger partial charge in [-0.2, -0.15) is 0 Å². The highest BCUT2D eigenvalue weighted by Gasteiger charge is 2.26. The number of aromatic nitrogens is 1. The lowest BCUT2D eigenvalue weighted by molar-refractivity contribution is -0.131. The van der Waals surface area contributed by atoms with Gasteiger partial charge in [0.25, 0.3) is 5.91 Å². The molecule has 1 unspecified atom stereocenters. The lowest BCUT2D eigenvalue weighted by atomic mass is 10.1. The fourth-order valence-electron chi connectivity index (χ4n) is 2.13. The fourth-order valence-corrected chi connectivity index (χ4v) is 2.13. The van der Waals surface area contributed by atoms with Gasteiger partial charge in [0, 0.05) is 37.9 Å². The summed E-state index contributed by atoms with van der Waals surface area (Å²) in [5.41, 5.74) is 0.953. The van der Waals surface area contributed by atoms with E-state index in [0.717, 1.165) is 12.5 Å². The normalized spacial score (nSPS) is 18.6. The second-order valence-corrected chi connectivity index (χ2v) is 4.74. The molecule has 2 rings (SSSR count). The van der Waals surface area contributed by atoms with Crippen LogP contribution in [0, 0.1) is 5.92 Å². The average molecular weight is 276 g/mol. The van der Waals surface area contributed by atoms with Crippen molar-refractivity contribution >= 4 is 18.0 Å². The lowest BCUT2D eigenvalue weighted by Gasteiger charge is -2.15. The molecule has 2 N–H and O–H groups in total. The second kappa shape index (κ2) is 6.29. The first-order valence-electron chi connectivity index (χ1n) is 6.37. The van der Waals surface area contributed by atoms with Gasteiger partial charge in [-0.15, -0.1) is 0 Å². The second-order valence-electron chi connectivity index (χ2n) is 4.74. The van der Waals surface area contributed by atoms with Gasteiger partial charge in [-0.25, -0.2) is 4.79 Å². The van der Waals surface area contributed by atoms with Crippen molar-refractivity contribution in [1.82, 2.24) is 9.88 Å². The van der Waals surface area contributed by atoms with E-state index in [1.165, 1.54) is 12.3 Å². The Balaban J connectivity index is 2.03. The van der Waals surface area contributed by atoms with Crippen molar-refractivity contribution in [2.24, 2.45) is 5.92 Å². The molecule has 0 aliphatic carbocycles. The van der Waals surface area contributed by atoms with Crippen molar-refractivity contribution in [2.45, 2.75) is 6.42 Å². The number of carbonyl (C=O) groups is 2. The number of aliphatic hydroxyl groups excluding tert-OH is 1. The Morgan fingerprint density at radius 1 is 1.45 bits per heavy atom. The number of carboxylic acids is 1. The first-order chi connectivity index (χ1) is 9.60. The maximum Gasteiger partial charge on any atom is 0.328 e. The zero-order chi connectivity index (χ0) is 14.5. The van der Waals surface area contributed by atoms with Gasteiger partial charge >= 0.3 is 5.97 Å². The fraction of sp³-hybridized carbons (Fsp3) is 0.357. The maximum atomic E-state index is 12.2. The molecule has 0 aromatic carbocycles. The van der Waals surface area contributed by atoms with Gasteiger partial charge in [-0.3, -0.25) is 9.78 Å². The molecule has 106 valence electrons. The van der Waals surface area contributed by atoms with E-state index in [1.807, 2.05) is 0 Å². The minimum absolute atomic E-state index is 0.0934. The van der Waals surface area contributed by atoms with E-state index in [0.29, 0.717) is 24.3 Å². The van der Waals surface area contributed by atoms with Gasteiger partial charge in [0.1, 0.15) is 5.69 Å². The molecule has 1 amide bonds. The molecule has 0 saturated carbocycles. The third-order valence-electron chi connectivity index (χ3n) is 3.26. The molecule has 2 heterocycles. The molecule has 0 spiro atoms. The smallest absolute Gasteiger partial charge is 0.328 e. The number of carbonyl (C=O) groups excluding carboxylic acids is 1.